The molecule has 0 aliphatic carbocycles. The maximum atomic E-state index is 12.9. The van der Waals surface area contributed by atoms with Crippen molar-refractivity contribution in [3.8, 4) is 11.3 Å². The number of aromatic nitrogens is 1. The van der Waals surface area contributed by atoms with E-state index >= 15 is 0 Å². The third-order valence-electron chi connectivity index (χ3n) is 4.26. The minimum Gasteiger partial charge on any atom is -0.352 e. The Hall–Kier alpha value is -3.20. The minimum absolute atomic E-state index is 0.0378. The molecule has 1 aromatic heterocycles. The molecule has 2 N–H and O–H groups in total. The Morgan fingerprint density at radius 2 is 1.87 bits per heavy atom. The van der Waals surface area contributed by atoms with Crippen molar-refractivity contribution in [1.82, 2.24) is 10.3 Å². The van der Waals surface area contributed by atoms with Gasteiger partial charge in [-0.2, -0.15) is 13.2 Å². The van der Waals surface area contributed by atoms with E-state index in [0.29, 0.717) is 16.8 Å². The van der Waals surface area contributed by atoms with Crippen LogP contribution in [0.25, 0.3) is 11.3 Å². The number of thiazole rings is 1. The van der Waals surface area contributed by atoms with Gasteiger partial charge in [0.25, 0.3) is 5.91 Å². The highest BCUT2D eigenvalue weighted by molar-refractivity contribution is 7.14. The van der Waals surface area contributed by atoms with Crippen LogP contribution in [0.5, 0.6) is 0 Å². The molecule has 0 atom stereocenters. The summed E-state index contributed by atoms with van der Waals surface area (Å²) in [6.45, 7) is 1.97. The average Bonchev–Trinajstić information content (AvgIpc) is 3.16. The number of rotatable bonds is 6. The highest BCUT2D eigenvalue weighted by atomic mass is 32.1. The van der Waals surface area contributed by atoms with Gasteiger partial charge in [-0.25, -0.2) is 4.98 Å². The quantitative estimate of drug-likeness (QED) is 0.581. The Morgan fingerprint density at radius 1 is 1.10 bits per heavy atom. The fraction of sp³-hybridized carbons (Fsp3) is 0.190. The highest BCUT2D eigenvalue weighted by Crippen LogP contribution is 2.33. The lowest BCUT2D eigenvalue weighted by atomic mass is 10.1. The third-order valence-corrected chi connectivity index (χ3v) is 5.02. The molecule has 0 radical (unpaired) electrons. The zero-order valence-electron chi connectivity index (χ0n) is 15.9. The zero-order chi connectivity index (χ0) is 21.7. The van der Waals surface area contributed by atoms with Crippen molar-refractivity contribution in [2.75, 3.05) is 11.9 Å². The predicted molar refractivity (Wildman–Crippen MR) is 109 cm³/mol. The Balaban J connectivity index is 1.54. The van der Waals surface area contributed by atoms with Crippen LogP contribution in [0, 0.1) is 6.92 Å². The second-order valence-electron chi connectivity index (χ2n) is 6.49. The molecule has 30 heavy (non-hydrogen) atoms. The summed E-state index contributed by atoms with van der Waals surface area (Å²) in [5.74, 6) is -0.619. The molecule has 0 spiro atoms. The highest BCUT2D eigenvalue weighted by Gasteiger charge is 2.30. The van der Waals surface area contributed by atoms with E-state index in [1.165, 1.54) is 12.1 Å². The van der Waals surface area contributed by atoms with E-state index in [1.54, 1.807) is 17.5 Å². The Labute approximate surface area is 175 Å². The molecular formula is C21H18F3N3O2S. The number of nitrogens with one attached hydrogen (secondary N) is 2. The Kier molecular flexibility index (Phi) is 6.51. The first-order chi connectivity index (χ1) is 14.2. The van der Waals surface area contributed by atoms with Gasteiger partial charge in [0, 0.05) is 29.5 Å². The van der Waals surface area contributed by atoms with Crippen LogP contribution in [0.2, 0.25) is 0 Å². The van der Waals surface area contributed by atoms with Gasteiger partial charge in [-0.1, -0.05) is 30.3 Å². The standard InChI is InChI=1S/C21H18F3N3O2S/c1-13-5-2-3-8-16(13)19(29)25-10-9-18(28)27-20-26-17(12-30-20)14-6-4-7-15(11-14)21(22,23)24/h2-8,11-12H,9-10H2,1H3,(H,25,29)(H,26,27,28). The number of hydrogen-bond donors (Lipinski definition) is 2. The SMILES string of the molecule is Cc1ccccc1C(=O)NCCC(=O)Nc1nc(-c2cccc(C(F)(F)F)c2)cs1. The molecule has 156 valence electrons. The first-order valence-electron chi connectivity index (χ1n) is 9.01. The summed E-state index contributed by atoms with van der Waals surface area (Å²) in [5.41, 5.74) is 1.28. The number of nitrogens with zero attached hydrogens (tertiary/aromatic N) is 1. The molecule has 0 aliphatic heterocycles. The zero-order valence-corrected chi connectivity index (χ0v) is 16.7. The van der Waals surface area contributed by atoms with Crippen molar-refractivity contribution >= 4 is 28.3 Å². The summed E-state index contributed by atoms with van der Waals surface area (Å²) >= 11 is 1.11. The van der Waals surface area contributed by atoms with Crippen molar-refractivity contribution in [1.29, 1.82) is 0 Å². The minimum atomic E-state index is -4.44. The molecule has 3 rings (SSSR count). The molecular weight excluding hydrogens is 415 g/mol. The van der Waals surface area contributed by atoms with E-state index in [-0.39, 0.29) is 29.9 Å². The van der Waals surface area contributed by atoms with E-state index in [0.717, 1.165) is 29.0 Å². The second-order valence-corrected chi connectivity index (χ2v) is 7.34. The summed E-state index contributed by atoms with van der Waals surface area (Å²) in [5, 5.41) is 7.13. The van der Waals surface area contributed by atoms with Crippen molar-refractivity contribution in [2.45, 2.75) is 19.5 Å². The predicted octanol–water partition coefficient (Wildman–Crippen LogP) is 4.90. The van der Waals surface area contributed by atoms with E-state index in [2.05, 4.69) is 15.6 Å². The fourth-order valence-corrected chi connectivity index (χ4v) is 3.45. The number of halogens is 3. The van der Waals surface area contributed by atoms with Gasteiger partial charge in [0.05, 0.1) is 11.3 Å². The van der Waals surface area contributed by atoms with Crippen LogP contribution in [0.3, 0.4) is 0 Å². The summed E-state index contributed by atoms with van der Waals surface area (Å²) in [7, 11) is 0. The van der Waals surface area contributed by atoms with Crippen molar-refractivity contribution in [3.63, 3.8) is 0 Å². The van der Waals surface area contributed by atoms with Crippen LogP contribution in [-0.2, 0) is 11.0 Å². The Bertz CT molecular complexity index is 1060. The van der Waals surface area contributed by atoms with Crippen LogP contribution < -0.4 is 10.6 Å². The smallest absolute Gasteiger partial charge is 0.352 e. The largest absolute Gasteiger partial charge is 0.416 e. The molecule has 2 aromatic carbocycles. The van der Waals surface area contributed by atoms with Gasteiger partial charge >= 0.3 is 6.18 Å². The van der Waals surface area contributed by atoms with Gasteiger partial charge in [-0.05, 0) is 30.7 Å². The first kappa shape index (κ1) is 21.5. The maximum absolute atomic E-state index is 12.9. The summed E-state index contributed by atoms with van der Waals surface area (Å²) in [6.07, 6.45) is -4.40. The van der Waals surface area contributed by atoms with Crippen LogP contribution in [0.4, 0.5) is 18.3 Å². The molecule has 2 amide bonds. The molecule has 0 fully saturated rings. The lowest BCUT2D eigenvalue weighted by Crippen LogP contribution is -2.28. The molecule has 3 aromatic rings. The Morgan fingerprint density at radius 3 is 2.60 bits per heavy atom. The molecule has 0 aliphatic rings. The summed E-state index contributed by atoms with van der Waals surface area (Å²) < 4.78 is 38.6. The number of anilines is 1. The molecule has 1 heterocycles. The van der Waals surface area contributed by atoms with Crippen LogP contribution >= 0.6 is 11.3 Å². The van der Waals surface area contributed by atoms with Gasteiger partial charge in [0.15, 0.2) is 5.13 Å². The third kappa shape index (κ3) is 5.44. The first-order valence-corrected chi connectivity index (χ1v) is 9.89. The fourth-order valence-electron chi connectivity index (χ4n) is 2.71. The lowest BCUT2D eigenvalue weighted by molar-refractivity contribution is -0.137. The van der Waals surface area contributed by atoms with Gasteiger partial charge in [0.2, 0.25) is 5.91 Å². The van der Waals surface area contributed by atoms with Gasteiger partial charge < -0.3 is 10.6 Å². The number of benzene rings is 2. The monoisotopic (exact) mass is 433 g/mol. The van der Waals surface area contributed by atoms with Gasteiger partial charge in [0.1, 0.15) is 0 Å². The van der Waals surface area contributed by atoms with E-state index in [9.17, 15) is 22.8 Å². The number of carbonyl (C=O) groups is 2. The molecule has 0 unspecified atom stereocenters. The number of alkyl halides is 3. The van der Waals surface area contributed by atoms with Gasteiger partial charge in [-0.15, -0.1) is 11.3 Å². The number of carbonyl (C=O) groups excluding carboxylic acids is 2. The van der Waals surface area contributed by atoms with Crippen molar-refractivity contribution in [3.05, 3.63) is 70.6 Å². The molecule has 5 nitrogen and oxygen atoms in total. The second kappa shape index (κ2) is 9.08. The molecule has 0 saturated heterocycles. The molecule has 0 saturated carbocycles. The number of aryl methyl sites for hydroxylation is 1. The molecule has 0 bridgehead atoms. The maximum Gasteiger partial charge on any atom is 0.416 e. The summed E-state index contributed by atoms with van der Waals surface area (Å²) in [6, 6.07) is 12.0. The molecule has 9 heteroatoms. The van der Waals surface area contributed by atoms with Crippen LogP contribution in [0.15, 0.2) is 53.9 Å². The topological polar surface area (TPSA) is 71.1 Å². The van der Waals surface area contributed by atoms with E-state index in [1.807, 2.05) is 19.1 Å². The number of hydrogen-bond acceptors (Lipinski definition) is 4. The average molecular weight is 433 g/mol. The lowest BCUT2D eigenvalue weighted by Gasteiger charge is -2.07. The van der Waals surface area contributed by atoms with E-state index < -0.39 is 11.7 Å². The summed E-state index contributed by atoms with van der Waals surface area (Å²) in [4.78, 5) is 28.4. The number of amides is 2. The van der Waals surface area contributed by atoms with Crippen LogP contribution in [-0.4, -0.2) is 23.3 Å². The van der Waals surface area contributed by atoms with E-state index in [4.69, 9.17) is 0 Å². The normalized spacial score (nSPS) is 11.2. The van der Waals surface area contributed by atoms with Crippen LogP contribution in [0.1, 0.15) is 27.9 Å². The van der Waals surface area contributed by atoms with Gasteiger partial charge in [-0.3, -0.25) is 9.59 Å². The van der Waals surface area contributed by atoms with Crippen molar-refractivity contribution < 1.29 is 22.8 Å². The van der Waals surface area contributed by atoms with Crippen molar-refractivity contribution in [2.24, 2.45) is 0 Å².